The molecule has 1 rings (SSSR count). The fourth-order valence-corrected chi connectivity index (χ4v) is 1.28. The molecule has 1 N–H and O–H groups in total. The van der Waals surface area contributed by atoms with Crippen molar-refractivity contribution >= 4 is 6.08 Å². The van der Waals surface area contributed by atoms with Gasteiger partial charge in [0, 0.05) is 25.5 Å². The third kappa shape index (κ3) is 5.63. The highest BCUT2D eigenvalue weighted by Gasteiger charge is 1.87. The Morgan fingerprint density at radius 3 is 2.94 bits per heavy atom. The van der Waals surface area contributed by atoms with Gasteiger partial charge in [-0.2, -0.15) is 0 Å². The molecule has 0 fully saturated rings. The second-order valence-electron chi connectivity index (χ2n) is 3.67. The van der Waals surface area contributed by atoms with E-state index in [9.17, 15) is 0 Å². The van der Waals surface area contributed by atoms with Crippen molar-refractivity contribution in [3.8, 4) is 0 Å². The quantitative estimate of drug-likeness (QED) is 0.714. The van der Waals surface area contributed by atoms with Gasteiger partial charge in [-0.05, 0) is 31.5 Å². The van der Waals surface area contributed by atoms with E-state index >= 15 is 0 Å². The number of methoxy groups -OCH3 is 1. The highest BCUT2D eigenvalue weighted by Crippen LogP contribution is 2.01. The van der Waals surface area contributed by atoms with E-state index in [2.05, 4.69) is 28.5 Å². The van der Waals surface area contributed by atoms with Gasteiger partial charge in [-0.15, -0.1) is 0 Å². The van der Waals surface area contributed by atoms with Crippen LogP contribution in [0.1, 0.15) is 17.7 Å². The highest BCUT2D eigenvalue weighted by molar-refractivity contribution is 5.47. The zero-order valence-electron chi connectivity index (χ0n) is 10.1. The minimum atomic E-state index is 0.769. The summed E-state index contributed by atoms with van der Waals surface area (Å²) in [4.78, 5) is 4.24. The molecule has 0 unspecified atom stereocenters. The van der Waals surface area contributed by atoms with Crippen molar-refractivity contribution in [3.63, 3.8) is 0 Å². The summed E-state index contributed by atoms with van der Waals surface area (Å²) in [6.45, 7) is 4.66. The van der Waals surface area contributed by atoms with Gasteiger partial charge in [-0.1, -0.05) is 18.2 Å². The number of hydrogen-bond acceptors (Lipinski definition) is 3. The molecule has 0 aliphatic rings. The van der Waals surface area contributed by atoms with Crippen LogP contribution in [-0.2, 0) is 4.74 Å². The number of nitrogens with zero attached hydrogens (tertiary/aromatic N) is 1. The molecule has 0 saturated heterocycles. The molecule has 3 heteroatoms. The molecule has 0 radical (unpaired) electrons. The molecule has 0 aliphatic carbocycles. The molecule has 1 heterocycles. The molecule has 0 amide bonds. The fraction of sp³-hybridized carbons (Fsp3) is 0.462. The van der Waals surface area contributed by atoms with Gasteiger partial charge in [0.2, 0.25) is 0 Å². The number of ether oxygens (including phenoxy) is 1. The lowest BCUT2D eigenvalue weighted by Gasteiger charge is -2.00. The lowest BCUT2D eigenvalue weighted by Crippen LogP contribution is -2.19. The number of hydrogen-bond donors (Lipinski definition) is 1. The third-order valence-electron chi connectivity index (χ3n) is 2.22. The van der Waals surface area contributed by atoms with E-state index in [0.29, 0.717) is 0 Å². The topological polar surface area (TPSA) is 34.1 Å². The summed E-state index contributed by atoms with van der Waals surface area (Å²) >= 11 is 0. The average Bonchev–Trinajstić information content (AvgIpc) is 2.30. The summed E-state index contributed by atoms with van der Waals surface area (Å²) in [5.41, 5.74) is 2.21. The Morgan fingerprint density at radius 1 is 1.38 bits per heavy atom. The summed E-state index contributed by atoms with van der Waals surface area (Å²) in [7, 11) is 1.71. The maximum Gasteiger partial charge on any atom is 0.0587 e. The van der Waals surface area contributed by atoms with Gasteiger partial charge >= 0.3 is 0 Å². The number of rotatable bonds is 7. The second-order valence-corrected chi connectivity index (χ2v) is 3.67. The Labute approximate surface area is 97.5 Å². The van der Waals surface area contributed by atoms with Crippen LogP contribution in [-0.4, -0.2) is 31.8 Å². The second kappa shape index (κ2) is 8.02. The van der Waals surface area contributed by atoms with Crippen LogP contribution < -0.4 is 5.32 Å². The van der Waals surface area contributed by atoms with Crippen molar-refractivity contribution in [3.05, 3.63) is 35.7 Å². The Kier molecular flexibility index (Phi) is 6.45. The largest absolute Gasteiger partial charge is 0.383 e. The van der Waals surface area contributed by atoms with Gasteiger partial charge < -0.3 is 10.1 Å². The lowest BCUT2D eigenvalue weighted by molar-refractivity contribution is 0.199. The molecule has 88 valence electrons. The molecule has 1 aromatic rings. The molecule has 0 aliphatic heterocycles. The zero-order chi connectivity index (χ0) is 11.6. The molecule has 0 bridgehead atoms. The van der Waals surface area contributed by atoms with Crippen molar-refractivity contribution in [1.29, 1.82) is 0 Å². The first-order valence-electron chi connectivity index (χ1n) is 5.62. The number of aromatic nitrogens is 1. The summed E-state index contributed by atoms with van der Waals surface area (Å²) in [6.07, 6.45) is 7.18. The van der Waals surface area contributed by atoms with E-state index in [4.69, 9.17) is 4.74 Å². The zero-order valence-corrected chi connectivity index (χ0v) is 10.1. The third-order valence-corrected chi connectivity index (χ3v) is 2.22. The minimum Gasteiger partial charge on any atom is -0.383 e. The molecule has 0 atom stereocenters. The first-order valence-corrected chi connectivity index (χ1v) is 5.62. The van der Waals surface area contributed by atoms with E-state index in [1.54, 1.807) is 7.11 Å². The van der Waals surface area contributed by atoms with E-state index < -0.39 is 0 Å². The fourth-order valence-electron chi connectivity index (χ4n) is 1.28. The Bertz CT molecular complexity index is 306. The van der Waals surface area contributed by atoms with Crippen LogP contribution in [0.25, 0.3) is 6.08 Å². The normalized spacial score (nSPS) is 11.1. The van der Waals surface area contributed by atoms with Crippen LogP contribution in [0.2, 0.25) is 0 Å². The van der Waals surface area contributed by atoms with E-state index in [1.807, 2.05) is 19.2 Å². The maximum absolute atomic E-state index is 4.94. The van der Waals surface area contributed by atoms with Gasteiger partial charge in [-0.25, -0.2) is 0 Å². The molecular weight excluding hydrogens is 200 g/mol. The highest BCUT2D eigenvalue weighted by atomic mass is 16.5. The maximum atomic E-state index is 4.94. The van der Waals surface area contributed by atoms with Crippen molar-refractivity contribution < 1.29 is 4.74 Å². The Balaban J connectivity index is 2.14. The van der Waals surface area contributed by atoms with E-state index in [1.165, 1.54) is 0 Å². The summed E-state index contributed by atoms with van der Waals surface area (Å²) in [5, 5.41) is 3.29. The summed E-state index contributed by atoms with van der Waals surface area (Å²) in [5.74, 6) is 0. The van der Waals surface area contributed by atoms with Crippen LogP contribution in [0, 0.1) is 6.92 Å². The van der Waals surface area contributed by atoms with Crippen molar-refractivity contribution in [2.45, 2.75) is 13.3 Å². The predicted molar refractivity (Wildman–Crippen MR) is 67.4 cm³/mol. The number of aryl methyl sites for hydroxylation is 1. The van der Waals surface area contributed by atoms with Crippen LogP contribution in [0.15, 0.2) is 24.4 Å². The van der Waals surface area contributed by atoms with Crippen molar-refractivity contribution in [1.82, 2.24) is 10.3 Å². The molecule has 0 saturated carbocycles. The first-order chi connectivity index (χ1) is 7.83. The van der Waals surface area contributed by atoms with Crippen LogP contribution in [0.5, 0.6) is 0 Å². The Morgan fingerprint density at radius 2 is 2.25 bits per heavy atom. The molecule has 0 aromatic carbocycles. The number of nitrogens with one attached hydrogen (secondary N) is 1. The summed E-state index contributed by atoms with van der Waals surface area (Å²) in [6, 6.07) is 4.10. The van der Waals surface area contributed by atoms with Gasteiger partial charge in [-0.3, -0.25) is 4.98 Å². The molecule has 16 heavy (non-hydrogen) atoms. The molecule has 3 nitrogen and oxygen atoms in total. The van der Waals surface area contributed by atoms with Crippen LogP contribution >= 0.6 is 0 Å². The van der Waals surface area contributed by atoms with Crippen molar-refractivity contribution in [2.24, 2.45) is 0 Å². The molecule has 1 aromatic heterocycles. The van der Waals surface area contributed by atoms with Gasteiger partial charge in [0.15, 0.2) is 0 Å². The predicted octanol–water partition coefficient (Wildman–Crippen LogP) is 2.03. The van der Waals surface area contributed by atoms with Crippen LogP contribution in [0.4, 0.5) is 0 Å². The monoisotopic (exact) mass is 220 g/mol. The molecular formula is C13H20N2O. The average molecular weight is 220 g/mol. The van der Waals surface area contributed by atoms with Crippen LogP contribution in [0.3, 0.4) is 0 Å². The minimum absolute atomic E-state index is 0.769. The molecule has 0 spiro atoms. The SMILES string of the molecule is COCCNCCC=Cc1ccc(C)nc1. The van der Waals surface area contributed by atoms with Gasteiger partial charge in [0.1, 0.15) is 0 Å². The standard InChI is InChI=1S/C13H20N2O/c1-12-6-7-13(11-15-12)5-3-4-8-14-9-10-16-2/h3,5-7,11,14H,4,8-10H2,1-2H3. The van der Waals surface area contributed by atoms with Gasteiger partial charge in [0.05, 0.1) is 6.61 Å². The van der Waals surface area contributed by atoms with E-state index in [-0.39, 0.29) is 0 Å². The Hall–Kier alpha value is -1.19. The first kappa shape index (κ1) is 12.9. The smallest absolute Gasteiger partial charge is 0.0587 e. The number of pyridine rings is 1. The van der Waals surface area contributed by atoms with Crippen molar-refractivity contribution in [2.75, 3.05) is 26.8 Å². The van der Waals surface area contributed by atoms with Gasteiger partial charge in [0.25, 0.3) is 0 Å². The lowest BCUT2D eigenvalue weighted by atomic mass is 10.2. The summed E-state index contributed by atoms with van der Waals surface area (Å²) < 4.78 is 4.94. The van der Waals surface area contributed by atoms with E-state index in [0.717, 1.165) is 37.4 Å².